The number of para-hydroxylation sites is 1. The van der Waals surface area contributed by atoms with Gasteiger partial charge in [0.1, 0.15) is 0 Å². The molecule has 0 bridgehead atoms. The van der Waals surface area contributed by atoms with Gasteiger partial charge >= 0.3 is 5.97 Å². The first-order chi connectivity index (χ1) is 13.1. The molecule has 0 radical (unpaired) electrons. The summed E-state index contributed by atoms with van der Waals surface area (Å²) in [6.07, 6.45) is -0.937. The number of benzene rings is 3. The highest BCUT2D eigenvalue weighted by atomic mass is 79.9. The van der Waals surface area contributed by atoms with Crippen LogP contribution in [0, 0.1) is 0 Å². The van der Waals surface area contributed by atoms with Gasteiger partial charge in [-0.25, -0.2) is 4.79 Å². The molecular weight excluding hydrogens is 406 g/mol. The monoisotopic (exact) mass is 423 g/mol. The second kappa shape index (κ2) is 8.64. The zero-order chi connectivity index (χ0) is 19.2. The Hall–Kier alpha value is -2.92. The first kappa shape index (κ1) is 18.9. The number of nitrogens with one attached hydrogen (secondary N) is 1. The maximum absolute atomic E-state index is 12.5. The fourth-order valence-electron chi connectivity index (χ4n) is 2.60. The van der Waals surface area contributed by atoms with Gasteiger partial charge in [-0.05, 0) is 46.6 Å². The number of hydrogen-bond acceptors (Lipinski definition) is 3. The van der Waals surface area contributed by atoms with Crippen LogP contribution in [0.15, 0.2) is 83.3 Å². The molecule has 3 aromatic rings. The Bertz CT molecular complexity index is 957. The van der Waals surface area contributed by atoms with E-state index in [4.69, 9.17) is 4.74 Å². The molecular formula is C22H18BrNO3. The number of ether oxygens (including phenoxy) is 1. The summed E-state index contributed by atoms with van der Waals surface area (Å²) >= 11 is 3.31. The van der Waals surface area contributed by atoms with Crippen LogP contribution in [0.5, 0.6) is 0 Å². The van der Waals surface area contributed by atoms with E-state index in [1.807, 2.05) is 54.6 Å². The van der Waals surface area contributed by atoms with Crippen molar-refractivity contribution in [3.8, 4) is 11.1 Å². The van der Waals surface area contributed by atoms with Gasteiger partial charge in [0.05, 0.1) is 5.56 Å². The highest BCUT2D eigenvalue weighted by Gasteiger charge is 2.21. The summed E-state index contributed by atoms with van der Waals surface area (Å²) in [5.41, 5.74) is 2.93. The lowest BCUT2D eigenvalue weighted by molar-refractivity contribution is -0.123. The molecule has 0 fully saturated rings. The average Bonchev–Trinajstić information content (AvgIpc) is 2.69. The predicted octanol–water partition coefficient (Wildman–Crippen LogP) is 5.30. The molecule has 3 aromatic carbocycles. The summed E-state index contributed by atoms with van der Waals surface area (Å²) in [7, 11) is 0. The molecule has 0 aliphatic rings. The van der Waals surface area contributed by atoms with E-state index < -0.39 is 18.0 Å². The van der Waals surface area contributed by atoms with E-state index >= 15 is 0 Å². The van der Waals surface area contributed by atoms with Crippen LogP contribution < -0.4 is 5.32 Å². The van der Waals surface area contributed by atoms with E-state index in [-0.39, 0.29) is 0 Å². The first-order valence-corrected chi connectivity index (χ1v) is 9.26. The lowest BCUT2D eigenvalue weighted by atomic mass is 10.0. The van der Waals surface area contributed by atoms with Crippen molar-refractivity contribution in [1.29, 1.82) is 0 Å². The summed E-state index contributed by atoms with van der Waals surface area (Å²) in [5, 5.41) is 2.85. The van der Waals surface area contributed by atoms with Crippen molar-refractivity contribution in [2.24, 2.45) is 0 Å². The minimum atomic E-state index is -0.937. The number of carbonyl (C=O) groups excluding carboxylic acids is 2. The van der Waals surface area contributed by atoms with Crippen molar-refractivity contribution in [1.82, 2.24) is 0 Å². The lowest BCUT2D eigenvalue weighted by Crippen LogP contribution is -2.30. The van der Waals surface area contributed by atoms with Crippen LogP contribution in [0.4, 0.5) is 5.69 Å². The maximum atomic E-state index is 12.5. The van der Waals surface area contributed by atoms with Crippen LogP contribution >= 0.6 is 15.9 Å². The SMILES string of the molecule is CC(OC(=O)c1ccccc1Br)C(=O)Nc1ccccc1-c1ccccc1. The molecule has 4 nitrogen and oxygen atoms in total. The summed E-state index contributed by atoms with van der Waals surface area (Å²) < 4.78 is 5.94. The quantitative estimate of drug-likeness (QED) is 0.566. The van der Waals surface area contributed by atoms with Crippen molar-refractivity contribution >= 4 is 33.5 Å². The minimum absolute atomic E-state index is 0.377. The Morgan fingerprint density at radius 3 is 2.26 bits per heavy atom. The summed E-state index contributed by atoms with van der Waals surface area (Å²) in [6.45, 7) is 1.55. The van der Waals surface area contributed by atoms with Gasteiger partial charge in [-0.1, -0.05) is 60.7 Å². The minimum Gasteiger partial charge on any atom is -0.449 e. The van der Waals surface area contributed by atoms with Crippen molar-refractivity contribution < 1.29 is 14.3 Å². The fourth-order valence-corrected chi connectivity index (χ4v) is 3.05. The molecule has 3 rings (SSSR count). The molecule has 1 N–H and O–H groups in total. The smallest absolute Gasteiger partial charge is 0.340 e. The van der Waals surface area contributed by atoms with E-state index in [0.717, 1.165) is 11.1 Å². The number of hydrogen-bond donors (Lipinski definition) is 1. The predicted molar refractivity (Wildman–Crippen MR) is 110 cm³/mol. The van der Waals surface area contributed by atoms with Crippen LogP contribution in [0.1, 0.15) is 17.3 Å². The summed E-state index contributed by atoms with van der Waals surface area (Å²) in [4.78, 5) is 24.8. The average molecular weight is 424 g/mol. The molecule has 1 amide bonds. The Kier molecular flexibility index (Phi) is 6.04. The fraction of sp³-hybridized carbons (Fsp3) is 0.0909. The van der Waals surface area contributed by atoms with E-state index in [2.05, 4.69) is 21.2 Å². The largest absolute Gasteiger partial charge is 0.449 e. The lowest BCUT2D eigenvalue weighted by Gasteiger charge is -2.16. The van der Waals surface area contributed by atoms with Crippen LogP contribution in [0.25, 0.3) is 11.1 Å². The third-order valence-electron chi connectivity index (χ3n) is 4.02. The molecule has 27 heavy (non-hydrogen) atoms. The van der Waals surface area contributed by atoms with Gasteiger partial charge in [0, 0.05) is 15.7 Å². The van der Waals surface area contributed by atoms with Crippen LogP contribution in [-0.4, -0.2) is 18.0 Å². The third kappa shape index (κ3) is 4.63. The van der Waals surface area contributed by atoms with E-state index in [9.17, 15) is 9.59 Å². The van der Waals surface area contributed by atoms with Gasteiger partial charge in [0.2, 0.25) is 0 Å². The van der Waals surface area contributed by atoms with Gasteiger partial charge in [-0.15, -0.1) is 0 Å². The molecule has 0 aliphatic heterocycles. The molecule has 0 aromatic heterocycles. The summed E-state index contributed by atoms with van der Waals surface area (Å²) in [5.74, 6) is -0.944. The van der Waals surface area contributed by atoms with Gasteiger partial charge in [-0.3, -0.25) is 4.79 Å². The van der Waals surface area contributed by atoms with Crippen LogP contribution in [-0.2, 0) is 9.53 Å². The molecule has 1 atom stereocenters. The van der Waals surface area contributed by atoms with Crippen molar-refractivity contribution in [3.63, 3.8) is 0 Å². The topological polar surface area (TPSA) is 55.4 Å². The van der Waals surface area contributed by atoms with Crippen molar-refractivity contribution in [3.05, 3.63) is 88.9 Å². The summed E-state index contributed by atoms with van der Waals surface area (Å²) in [6, 6.07) is 24.2. The molecule has 1 unspecified atom stereocenters. The van der Waals surface area contributed by atoms with E-state index in [1.165, 1.54) is 0 Å². The second-order valence-electron chi connectivity index (χ2n) is 5.93. The maximum Gasteiger partial charge on any atom is 0.340 e. The van der Waals surface area contributed by atoms with Crippen LogP contribution in [0.3, 0.4) is 0 Å². The van der Waals surface area contributed by atoms with Crippen molar-refractivity contribution in [2.75, 3.05) is 5.32 Å². The molecule has 136 valence electrons. The highest BCUT2D eigenvalue weighted by molar-refractivity contribution is 9.10. The van der Waals surface area contributed by atoms with Gasteiger partial charge in [-0.2, -0.15) is 0 Å². The second-order valence-corrected chi connectivity index (χ2v) is 6.78. The Morgan fingerprint density at radius 2 is 1.52 bits per heavy atom. The Morgan fingerprint density at radius 1 is 0.889 bits per heavy atom. The zero-order valence-electron chi connectivity index (χ0n) is 14.7. The van der Waals surface area contributed by atoms with E-state index in [0.29, 0.717) is 15.7 Å². The van der Waals surface area contributed by atoms with Gasteiger partial charge < -0.3 is 10.1 Å². The molecule has 0 spiro atoms. The first-order valence-electron chi connectivity index (χ1n) is 8.47. The number of amides is 1. The molecule has 0 heterocycles. The third-order valence-corrected chi connectivity index (χ3v) is 4.71. The normalized spacial score (nSPS) is 11.5. The number of esters is 1. The number of halogens is 1. The number of anilines is 1. The number of carbonyl (C=O) groups is 2. The van der Waals surface area contributed by atoms with Gasteiger partial charge in [0.25, 0.3) is 5.91 Å². The Labute approximate surface area is 166 Å². The van der Waals surface area contributed by atoms with Crippen molar-refractivity contribution in [2.45, 2.75) is 13.0 Å². The molecule has 0 aliphatic carbocycles. The van der Waals surface area contributed by atoms with Gasteiger partial charge in [0.15, 0.2) is 6.10 Å². The molecule has 0 saturated carbocycles. The van der Waals surface area contributed by atoms with E-state index in [1.54, 1.807) is 31.2 Å². The highest BCUT2D eigenvalue weighted by Crippen LogP contribution is 2.27. The standard InChI is InChI=1S/C22H18BrNO3/c1-15(27-22(26)18-12-5-7-13-19(18)23)21(25)24-20-14-8-6-11-17(20)16-9-3-2-4-10-16/h2-15H,1H3,(H,24,25). The zero-order valence-corrected chi connectivity index (χ0v) is 16.3. The van der Waals surface area contributed by atoms with Crippen LogP contribution in [0.2, 0.25) is 0 Å². The number of rotatable bonds is 5. The molecule has 0 saturated heterocycles. The molecule has 5 heteroatoms. The Balaban J connectivity index is 1.73.